The van der Waals surface area contributed by atoms with Crippen molar-refractivity contribution in [1.29, 1.82) is 0 Å². The SMILES string of the molecule is CCCCCC(CCn1ccnc1)Sc1ccc(Cl)cc1.O=C(O)C(=O)O. The Hall–Kier alpha value is -1.99. The Morgan fingerprint density at radius 2 is 1.81 bits per heavy atom. The van der Waals surface area contributed by atoms with Crippen LogP contribution in [0.1, 0.15) is 39.0 Å². The number of aromatic nitrogens is 2. The lowest BCUT2D eigenvalue weighted by Gasteiger charge is -2.17. The highest BCUT2D eigenvalue weighted by Gasteiger charge is 2.11. The maximum atomic E-state index is 9.10. The molecular formula is C19H25ClN2O4S. The molecule has 8 heteroatoms. The molecule has 0 radical (unpaired) electrons. The molecule has 2 N–H and O–H groups in total. The number of rotatable bonds is 9. The van der Waals surface area contributed by atoms with Crippen molar-refractivity contribution < 1.29 is 19.8 Å². The number of nitrogens with zero attached hydrogens (tertiary/aromatic N) is 2. The monoisotopic (exact) mass is 412 g/mol. The maximum Gasteiger partial charge on any atom is 0.414 e. The number of unbranched alkanes of at least 4 members (excludes halogenated alkanes) is 2. The van der Waals surface area contributed by atoms with Gasteiger partial charge < -0.3 is 14.8 Å². The van der Waals surface area contributed by atoms with Gasteiger partial charge in [-0.2, -0.15) is 0 Å². The maximum absolute atomic E-state index is 9.10. The van der Waals surface area contributed by atoms with Gasteiger partial charge in [0.15, 0.2) is 0 Å². The van der Waals surface area contributed by atoms with Crippen LogP contribution < -0.4 is 0 Å². The number of hydrogen-bond donors (Lipinski definition) is 2. The first-order chi connectivity index (χ1) is 12.9. The summed E-state index contributed by atoms with van der Waals surface area (Å²) < 4.78 is 2.16. The second-order valence-electron chi connectivity index (χ2n) is 5.89. The fourth-order valence-corrected chi connectivity index (χ4v) is 3.61. The minimum absolute atomic E-state index is 0.653. The molecule has 1 unspecified atom stereocenters. The van der Waals surface area contributed by atoms with Gasteiger partial charge in [-0.05, 0) is 37.1 Å². The Bertz CT molecular complexity index is 666. The van der Waals surface area contributed by atoms with Gasteiger partial charge >= 0.3 is 11.9 Å². The topological polar surface area (TPSA) is 92.4 Å². The fraction of sp³-hybridized carbons (Fsp3) is 0.421. The molecule has 0 saturated carbocycles. The predicted octanol–water partition coefficient (Wildman–Crippen LogP) is 4.82. The largest absolute Gasteiger partial charge is 0.473 e. The number of hydrogen-bond acceptors (Lipinski definition) is 4. The second-order valence-corrected chi connectivity index (χ2v) is 7.70. The molecule has 0 fully saturated rings. The average molecular weight is 413 g/mol. The first-order valence-electron chi connectivity index (χ1n) is 8.76. The van der Waals surface area contributed by atoms with Gasteiger partial charge in [0, 0.05) is 34.1 Å². The summed E-state index contributed by atoms with van der Waals surface area (Å²) in [7, 11) is 0. The molecule has 2 aromatic rings. The van der Waals surface area contributed by atoms with Crippen molar-refractivity contribution in [1.82, 2.24) is 9.55 Å². The number of carbonyl (C=O) groups is 2. The predicted molar refractivity (Wildman–Crippen MR) is 107 cm³/mol. The molecule has 0 aliphatic carbocycles. The van der Waals surface area contributed by atoms with E-state index in [1.54, 1.807) is 0 Å². The summed E-state index contributed by atoms with van der Waals surface area (Å²) in [6.45, 7) is 3.30. The van der Waals surface area contributed by atoms with Crippen molar-refractivity contribution in [2.24, 2.45) is 0 Å². The Kier molecular flexibility index (Phi) is 11.3. The number of carboxylic acids is 2. The number of carboxylic acid groups (broad SMARTS) is 2. The molecule has 0 saturated heterocycles. The first kappa shape index (κ1) is 23.0. The average Bonchev–Trinajstić information content (AvgIpc) is 3.15. The summed E-state index contributed by atoms with van der Waals surface area (Å²) >= 11 is 7.94. The third kappa shape index (κ3) is 10.7. The molecule has 0 amide bonds. The first-order valence-corrected chi connectivity index (χ1v) is 10.0. The molecule has 6 nitrogen and oxygen atoms in total. The minimum atomic E-state index is -1.82. The lowest BCUT2D eigenvalue weighted by atomic mass is 10.1. The third-order valence-electron chi connectivity index (χ3n) is 3.70. The molecule has 1 atom stereocenters. The smallest absolute Gasteiger partial charge is 0.414 e. The van der Waals surface area contributed by atoms with Crippen LogP contribution >= 0.6 is 23.4 Å². The van der Waals surface area contributed by atoms with E-state index in [4.69, 9.17) is 31.4 Å². The van der Waals surface area contributed by atoms with Crippen molar-refractivity contribution in [3.8, 4) is 0 Å². The third-order valence-corrected chi connectivity index (χ3v) is 5.30. The molecule has 1 aromatic heterocycles. The fourth-order valence-electron chi connectivity index (χ4n) is 2.30. The Balaban J connectivity index is 0.000000527. The van der Waals surface area contributed by atoms with Gasteiger partial charge in [-0.1, -0.05) is 37.8 Å². The molecule has 2 rings (SSSR count). The number of aliphatic carboxylic acids is 2. The van der Waals surface area contributed by atoms with Crippen LogP contribution in [-0.4, -0.2) is 37.0 Å². The Morgan fingerprint density at radius 1 is 1.15 bits per heavy atom. The van der Waals surface area contributed by atoms with E-state index < -0.39 is 11.9 Å². The van der Waals surface area contributed by atoms with E-state index in [9.17, 15) is 0 Å². The molecule has 148 valence electrons. The normalized spacial score (nSPS) is 11.3. The van der Waals surface area contributed by atoms with Gasteiger partial charge in [-0.25, -0.2) is 14.6 Å². The van der Waals surface area contributed by atoms with E-state index in [0.29, 0.717) is 5.25 Å². The summed E-state index contributed by atoms with van der Waals surface area (Å²) in [4.78, 5) is 23.6. The van der Waals surface area contributed by atoms with Crippen LogP contribution in [0.25, 0.3) is 0 Å². The second kappa shape index (κ2) is 13.2. The molecule has 1 aromatic carbocycles. The van der Waals surface area contributed by atoms with E-state index >= 15 is 0 Å². The van der Waals surface area contributed by atoms with Gasteiger partial charge in [-0.15, -0.1) is 11.8 Å². The van der Waals surface area contributed by atoms with Crippen LogP contribution in [0, 0.1) is 0 Å². The van der Waals surface area contributed by atoms with Gasteiger partial charge in [-0.3, -0.25) is 0 Å². The zero-order valence-electron chi connectivity index (χ0n) is 15.3. The summed E-state index contributed by atoms with van der Waals surface area (Å²) in [6.07, 6.45) is 12.1. The van der Waals surface area contributed by atoms with E-state index in [-0.39, 0.29) is 0 Å². The minimum Gasteiger partial charge on any atom is -0.473 e. The van der Waals surface area contributed by atoms with E-state index in [2.05, 4.69) is 28.6 Å². The van der Waals surface area contributed by atoms with Gasteiger partial charge in [0.25, 0.3) is 0 Å². The van der Waals surface area contributed by atoms with Crippen LogP contribution in [0.15, 0.2) is 47.9 Å². The van der Waals surface area contributed by atoms with Crippen LogP contribution in [0.2, 0.25) is 5.02 Å². The number of thioether (sulfide) groups is 1. The van der Waals surface area contributed by atoms with Crippen molar-refractivity contribution in [3.05, 3.63) is 48.0 Å². The van der Waals surface area contributed by atoms with Gasteiger partial charge in [0.2, 0.25) is 0 Å². The zero-order valence-corrected chi connectivity index (χ0v) is 16.8. The standard InChI is InChI=1S/C17H23ClN2S.C2H2O4/c1-2-3-4-5-16(10-12-20-13-11-19-14-20)21-17-8-6-15(18)7-9-17;3-1(4)2(5)6/h6-9,11,13-14,16H,2-5,10,12H2,1H3;(H,3,4)(H,5,6). The van der Waals surface area contributed by atoms with E-state index in [0.717, 1.165) is 11.6 Å². The summed E-state index contributed by atoms with van der Waals surface area (Å²) in [5.74, 6) is -3.65. The highest BCUT2D eigenvalue weighted by molar-refractivity contribution is 8.00. The number of aryl methyl sites for hydroxylation is 1. The van der Waals surface area contributed by atoms with Crippen LogP contribution in [0.3, 0.4) is 0 Å². The van der Waals surface area contributed by atoms with Crippen molar-refractivity contribution in [2.75, 3.05) is 0 Å². The molecule has 0 bridgehead atoms. The number of halogens is 1. The molecule has 0 aliphatic rings. The summed E-state index contributed by atoms with van der Waals surface area (Å²) in [5, 5.41) is 16.2. The van der Waals surface area contributed by atoms with E-state index in [1.807, 2.05) is 42.6 Å². The molecular weight excluding hydrogens is 388 g/mol. The molecule has 0 aliphatic heterocycles. The van der Waals surface area contributed by atoms with Crippen LogP contribution in [-0.2, 0) is 16.1 Å². The van der Waals surface area contributed by atoms with E-state index in [1.165, 1.54) is 37.0 Å². The molecule has 1 heterocycles. The van der Waals surface area contributed by atoms with Crippen LogP contribution in [0.4, 0.5) is 0 Å². The highest BCUT2D eigenvalue weighted by atomic mass is 35.5. The highest BCUT2D eigenvalue weighted by Crippen LogP contribution is 2.30. The molecule has 27 heavy (non-hydrogen) atoms. The van der Waals surface area contributed by atoms with Crippen LogP contribution in [0.5, 0.6) is 0 Å². The summed E-state index contributed by atoms with van der Waals surface area (Å²) in [6, 6.07) is 8.19. The lowest BCUT2D eigenvalue weighted by Crippen LogP contribution is -2.09. The lowest BCUT2D eigenvalue weighted by molar-refractivity contribution is -0.159. The van der Waals surface area contributed by atoms with Crippen molar-refractivity contribution in [3.63, 3.8) is 0 Å². The quantitative estimate of drug-likeness (QED) is 0.348. The molecule has 0 spiro atoms. The number of benzene rings is 1. The van der Waals surface area contributed by atoms with Crippen molar-refractivity contribution >= 4 is 35.3 Å². The summed E-state index contributed by atoms with van der Waals surface area (Å²) in [5.41, 5.74) is 0. The number of imidazole rings is 1. The van der Waals surface area contributed by atoms with Crippen molar-refractivity contribution in [2.45, 2.75) is 55.7 Å². The van der Waals surface area contributed by atoms with Gasteiger partial charge in [0.1, 0.15) is 0 Å². The zero-order chi connectivity index (χ0) is 20.1. The Morgan fingerprint density at radius 3 is 2.33 bits per heavy atom. The van der Waals surface area contributed by atoms with Gasteiger partial charge in [0.05, 0.1) is 6.33 Å². The Labute approximate surface area is 168 Å².